The molecule has 0 amide bonds. The van der Waals surface area contributed by atoms with Gasteiger partial charge >= 0.3 is 5.97 Å². The van der Waals surface area contributed by atoms with Gasteiger partial charge in [-0.05, 0) is 55.7 Å². The lowest BCUT2D eigenvalue weighted by atomic mass is 9.94. The molecule has 0 aliphatic heterocycles. The maximum Gasteiger partial charge on any atom is 0.335 e. The first-order chi connectivity index (χ1) is 16.5. The lowest BCUT2D eigenvalue weighted by Crippen LogP contribution is -2.14. The normalized spacial score (nSPS) is 15.4. The molecule has 1 aliphatic rings. The Morgan fingerprint density at radius 2 is 1.82 bits per heavy atom. The number of carboxylic acids is 1. The van der Waals surface area contributed by atoms with Crippen LogP contribution >= 0.6 is 0 Å². The molecule has 3 aromatic carbocycles. The van der Waals surface area contributed by atoms with Crippen molar-refractivity contribution in [3.8, 4) is 17.1 Å². The van der Waals surface area contributed by atoms with Gasteiger partial charge in [0.2, 0.25) is 0 Å². The van der Waals surface area contributed by atoms with Crippen molar-refractivity contribution in [1.29, 1.82) is 0 Å². The highest BCUT2D eigenvalue weighted by molar-refractivity contribution is 5.93. The van der Waals surface area contributed by atoms with Crippen molar-refractivity contribution in [2.45, 2.75) is 51.2 Å². The Kier molecular flexibility index (Phi) is 6.05. The zero-order chi connectivity index (χ0) is 23.7. The minimum Gasteiger partial charge on any atom is -0.486 e. The molecule has 6 heteroatoms. The molecule has 5 nitrogen and oxygen atoms in total. The number of fused-ring (bicyclic) bond motifs is 1. The SMILES string of the molecule is CC(Oc1ccc(-c2nc3cc(C(=O)O)ccc3n2C2CCCCC2)c(F)c1)c1ccccc1. The van der Waals surface area contributed by atoms with E-state index in [4.69, 9.17) is 9.72 Å². The number of carbonyl (C=O) groups is 1. The van der Waals surface area contributed by atoms with Crippen LogP contribution in [0.4, 0.5) is 4.39 Å². The second-order valence-electron chi connectivity index (χ2n) is 8.92. The number of aromatic carboxylic acids is 1. The number of nitrogens with zero attached hydrogens (tertiary/aromatic N) is 2. The molecule has 34 heavy (non-hydrogen) atoms. The second-order valence-corrected chi connectivity index (χ2v) is 8.92. The van der Waals surface area contributed by atoms with Gasteiger partial charge in [0.1, 0.15) is 23.5 Å². The fourth-order valence-electron chi connectivity index (χ4n) is 4.88. The molecule has 1 unspecified atom stereocenters. The van der Waals surface area contributed by atoms with Crippen LogP contribution in [-0.4, -0.2) is 20.6 Å². The Balaban J connectivity index is 1.54. The first-order valence-corrected chi connectivity index (χ1v) is 11.8. The van der Waals surface area contributed by atoms with Crippen molar-refractivity contribution in [1.82, 2.24) is 9.55 Å². The summed E-state index contributed by atoms with van der Waals surface area (Å²) in [6.45, 7) is 1.93. The second kappa shape index (κ2) is 9.29. The fraction of sp³-hybridized carbons (Fsp3) is 0.286. The van der Waals surface area contributed by atoms with Crippen molar-refractivity contribution >= 4 is 17.0 Å². The summed E-state index contributed by atoms with van der Waals surface area (Å²) < 4.78 is 23.5. The highest BCUT2D eigenvalue weighted by Gasteiger charge is 2.24. The minimum absolute atomic E-state index is 0.173. The lowest BCUT2D eigenvalue weighted by molar-refractivity contribution is 0.0697. The summed E-state index contributed by atoms with van der Waals surface area (Å²) in [5.74, 6) is -0.435. The zero-order valence-electron chi connectivity index (χ0n) is 19.1. The number of hydrogen-bond donors (Lipinski definition) is 1. The van der Waals surface area contributed by atoms with Gasteiger partial charge in [-0.2, -0.15) is 0 Å². The van der Waals surface area contributed by atoms with Gasteiger partial charge in [0, 0.05) is 12.1 Å². The van der Waals surface area contributed by atoms with Crippen molar-refractivity contribution in [3.63, 3.8) is 0 Å². The highest BCUT2D eigenvalue weighted by atomic mass is 19.1. The van der Waals surface area contributed by atoms with Gasteiger partial charge in [0.25, 0.3) is 0 Å². The smallest absolute Gasteiger partial charge is 0.335 e. The fourth-order valence-corrected chi connectivity index (χ4v) is 4.88. The zero-order valence-corrected chi connectivity index (χ0v) is 19.1. The van der Waals surface area contributed by atoms with Crippen LogP contribution in [0.5, 0.6) is 5.75 Å². The summed E-state index contributed by atoms with van der Waals surface area (Å²) in [7, 11) is 0. The number of aromatic nitrogens is 2. The molecule has 0 saturated heterocycles. The van der Waals surface area contributed by atoms with E-state index >= 15 is 4.39 Å². The predicted molar refractivity (Wildman–Crippen MR) is 130 cm³/mol. The van der Waals surface area contributed by atoms with E-state index in [0.717, 1.165) is 36.8 Å². The summed E-state index contributed by atoms with van der Waals surface area (Å²) in [5, 5.41) is 9.41. The number of hydrogen-bond acceptors (Lipinski definition) is 3. The Hall–Kier alpha value is -3.67. The molecule has 0 radical (unpaired) electrons. The molecule has 4 aromatic rings. The lowest BCUT2D eigenvalue weighted by Gasteiger charge is -2.26. The molecule has 1 N–H and O–H groups in total. The average molecular weight is 459 g/mol. The molecule has 1 atom stereocenters. The third-order valence-corrected chi connectivity index (χ3v) is 6.64. The van der Waals surface area contributed by atoms with Crippen LogP contribution in [0.2, 0.25) is 0 Å². The van der Waals surface area contributed by atoms with Crippen molar-refractivity contribution in [2.75, 3.05) is 0 Å². The van der Waals surface area contributed by atoms with Crippen molar-refractivity contribution in [3.05, 3.63) is 83.7 Å². The standard InChI is InChI=1S/C28H27FN2O3/c1-18(19-8-4-2-5-9-19)34-22-13-14-23(24(29)17-22)27-30-25-16-20(28(32)33)12-15-26(25)31(27)21-10-6-3-7-11-21/h2,4-5,8-9,12-18,21H,3,6-7,10-11H2,1H3,(H,32,33). The van der Waals surface area contributed by atoms with Crippen LogP contribution in [0.3, 0.4) is 0 Å². The Morgan fingerprint density at radius 1 is 1.06 bits per heavy atom. The van der Waals surface area contributed by atoms with Gasteiger partial charge in [-0.25, -0.2) is 14.2 Å². The van der Waals surface area contributed by atoms with E-state index < -0.39 is 11.8 Å². The molecule has 0 spiro atoms. The largest absolute Gasteiger partial charge is 0.486 e. The van der Waals surface area contributed by atoms with E-state index in [1.165, 1.54) is 12.5 Å². The highest BCUT2D eigenvalue weighted by Crippen LogP contribution is 2.37. The Morgan fingerprint density at radius 3 is 2.53 bits per heavy atom. The van der Waals surface area contributed by atoms with Crippen LogP contribution in [0.15, 0.2) is 66.7 Å². The molecule has 1 saturated carbocycles. The first-order valence-electron chi connectivity index (χ1n) is 11.8. The summed E-state index contributed by atoms with van der Waals surface area (Å²) in [5.41, 5.74) is 2.98. The summed E-state index contributed by atoms with van der Waals surface area (Å²) in [6.07, 6.45) is 5.20. The molecule has 5 rings (SSSR count). The van der Waals surface area contributed by atoms with Crippen LogP contribution < -0.4 is 4.74 Å². The monoisotopic (exact) mass is 458 g/mol. The molecule has 1 fully saturated rings. The van der Waals surface area contributed by atoms with Gasteiger partial charge in [0.05, 0.1) is 22.2 Å². The van der Waals surface area contributed by atoms with Gasteiger partial charge < -0.3 is 14.4 Å². The van der Waals surface area contributed by atoms with Crippen LogP contribution in [0.1, 0.15) is 67.1 Å². The predicted octanol–water partition coefficient (Wildman–Crippen LogP) is 7.19. The summed E-state index contributed by atoms with van der Waals surface area (Å²) in [4.78, 5) is 16.2. The van der Waals surface area contributed by atoms with Gasteiger partial charge in [-0.1, -0.05) is 49.6 Å². The first kappa shape index (κ1) is 22.1. The number of ether oxygens (including phenoxy) is 1. The maximum absolute atomic E-state index is 15.4. The maximum atomic E-state index is 15.4. The van der Waals surface area contributed by atoms with Crippen molar-refractivity contribution in [2.24, 2.45) is 0 Å². The molecule has 1 aromatic heterocycles. The quantitative estimate of drug-likeness (QED) is 0.332. The van der Waals surface area contributed by atoms with Crippen LogP contribution in [-0.2, 0) is 0 Å². The van der Waals surface area contributed by atoms with E-state index in [1.807, 2.05) is 37.3 Å². The third kappa shape index (κ3) is 4.28. The topological polar surface area (TPSA) is 64.3 Å². The van der Waals surface area contributed by atoms with Crippen LogP contribution in [0, 0.1) is 5.82 Å². The Labute approximate surface area is 197 Å². The molecular weight excluding hydrogens is 431 g/mol. The molecule has 174 valence electrons. The van der Waals surface area contributed by atoms with Gasteiger partial charge in [-0.3, -0.25) is 0 Å². The number of halogens is 1. The number of carboxylic acid groups (broad SMARTS) is 1. The van der Waals surface area contributed by atoms with Gasteiger partial charge in [-0.15, -0.1) is 0 Å². The summed E-state index contributed by atoms with van der Waals surface area (Å²) in [6, 6.07) is 19.8. The average Bonchev–Trinajstić information content (AvgIpc) is 3.23. The minimum atomic E-state index is -1.00. The number of imidazole rings is 1. The number of benzene rings is 3. The summed E-state index contributed by atoms with van der Waals surface area (Å²) >= 11 is 0. The van der Waals surface area contributed by atoms with Crippen LogP contribution in [0.25, 0.3) is 22.4 Å². The Bertz CT molecular complexity index is 1330. The third-order valence-electron chi connectivity index (χ3n) is 6.64. The van der Waals surface area contributed by atoms with E-state index in [2.05, 4.69) is 4.57 Å². The van der Waals surface area contributed by atoms with E-state index in [0.29, 0.717) is 22.7 Å². The molecule has 1 aliphatic carbocycles. The van der Waals surface area contributed by atoms with E-state index in [1.54, 1.807) is 30.3 Å². The van der Waals surface area contributed by atoms with E-state index in [-0.39, 0.29) is 17.7 Å². The van der Waals surface area contributed by atoms with E-state index in [9.17, 15) is 9.90 Å². The molecule has 1 heterocycles. The van der Waals surface area contributed by atoms with Gasteiger partial charge in [0.15, 0.2) is 0 Å². The number of rotatable bonds is 6. The molecule has 0 bridgehead atoms. The molecular formula is C28H27FN2O3. The van der Waals surface area contributed by atoms with Crippen molar-refractivity contribution < 1.29 is 19.0 Å².